The average Bonchev–Trinajstić information content (AvgIpc) is 2.64. The maximum atomic E-state index is 12.8. The number of carbonyl (C=O) groups excluding carboxylic acids is 1. The molecular weight excluding hydrogens is 524 g/mol. The highest BCUT2D eigenvalue weighted by atomic mass is 127. The molecule has 132 valence electrons. The summed E-state index contributed by atoms with van der Waals surface area (Å²) < 4.78 is 2.18. The molecule has 0 saturated heterocycles. The summed E-state index contributed by atoms with van der Waals surface area (Å²) in [6.45, 7) is 0. The van der Waals surface area contributed by atoms with Crippen LogP contribution in [0.25, 0.3) is 0 Å². The summed E-state index contributed by atoms with van der Waals surface area (Å²) in [5, 5.41) is 4.12. The first-order valence-electron chi connectivity index (χ1n) is 8.07. The molecule has 26 heavy (non-hydrogen) atoms. The number of nitrogens with one attached hydrogen (secondary N) is 1. The van der Waals surface area contributed by atoms with Crippen LogP contribution in [0.2, 0.25) is 5.02 Å². The molecule has 1 unspecified atom stereocenters. The summed E-state index contributed by atoms with van der Waals surface area (Å²) in [5.74, 6) is 0.0765. The van der Waals surface area contributed by atoms with E-state index < -0.39 is 0 Å². The SMILES string of the molecule is O=C(CC(Nc1ccc(I)cc1)c1ccc(Br)cc1)c1ccc(Cl)cc1. The van der Waals surface area contributed by atoms with Gasteiger partial charge in [-0.05, 0) is 88.8 Å². The molecule has 0 aliphatic heterocycles. The first kappa shape index (κ1) is 19.4. The fourth-order valence-corrected chi connectivity index (χ4v) is 3.38. The minimum Gasteiger partial charge on any atom is -0.378 e. The monoisotopic (exact) mass is 539 g/mol. The standard InChI is InChI=1S/C21H16BrClINO/c22-16-5-1-14(2-6-16)20(25-19-11-9-18(24)10-12-19)13-21(26)15-3-7-17(23)8-4-15/h1-12,20,25H,13H2. The van der Waals surface area contributed by atoms with Crippen molar-refractivity contribution in [1.82, 2.24) is 0 Å². The molecule has 3 aromatic carbocycles. The smallest absolute Gasteiger partial charge is 0.165 e. The van der Waals surface area contributed by atoms with Crippen LogP contribution in [0.5, 0.6) is 0 Å². The lowest BCUT2D eigenvalue weighted by atomic mass is 9.97. The van der Waals surface area contributed by atoms with Crippen LogP contribution >= 0.6 is 50.1 Å². The molecule has 3 aromatic rings. The Balaban J connectivity index is 1.84. The molecule has 5 heteroatoms. The third kappa shape index (κ3) is 5.32. The van der Waals surface area contributed by atoms with E-state index in [9.17, 15) is 4.79 Å². The van der Waals surface area contributed by atoms with Crippen LogP contribution in [0.15, 0.2) is 77.3 Å². The number of halogens is 3. The van der Waals surface area contributed by atoms with Gasteiger partial charge in [0.2, 0.25) is 0 Å². The predicted octanol–water partition coefficient (Wildman–Crippen LogP) is 7.13. The van der Waals surface area contributed by atoms with Gasteiger partial charge in [-0.25, -0.2) is 0 Å². The van der Waals surface area contributed by atoms with Gasteiger partial charge < -0.3 is 5.32 Å². The van der Waals surface area contributed by atoms with Crippen molar-refractivity contribution in [1.29, 1.82) is 0 Å². The summed E-state index contributed by atoms with van der Waals surface area (Å²) in [7, 11) is 0. The van der Waals surface area contributed by atoms with Crippen molar-refractivity contribution in [2.45, 2.75) is 12.5 Å². The molecule has 0 aliphatic carbocycles. The topological polar surface area (TPSA) is 29.1 Å². The Bertz CT molecular complexity index is 879. The molecule has 0 aliphatic rings. The van der Waals surface area contributed by atoms with Crippen LogP contribution in [-0.2, 0) is 0 Å². The summed E-state index contributed by atoms with van der Waals surface area (Å²) >= 11 is 11.7. The predicted molar refractivity (Wildman–Crippen MR) is 120 cm³/mol. The van der Waals surface area contributed by atoms with E-state index in [2.05, 4.69) is 43.8 Å². The second-order valence-electron chi connectivity index (χ2n) is 5.89. The highest BCUT2D eigenvalue weighted by Gasteiger charge is 2.17. The molecule has 0 aromatic heterocycles. The molecule has 0 amide bonds. The third-order valence-corrected chi connectivity index (χ3v) is 5.51. The van der Waals surface area contributed by atoms with Crippen molar-refractivity contribution < 1.29 is 4.79 Å². The van der Waals surface area contributed by atoms with Gasteiger partial charge in [0, 0.05) is 30.7 Å². The minimum atomic E-state index is -0.119. The van der Waals surface area contributed by atoms with Gasteiger partial charge in [0.05, 0.1) is 6.04 Å². The number of carbonyl (C=O) groups is 1. The molecule has 0 heterocycles. The fourth-order valence-electron chi connectivity index (χ4n) is 2.63. The third-order valence-electron chi connectivity index (χ3n) is 4.01. The first-order chi connectivity index (χ1) is 12.5. The zero-order valence-corrected chi connectivity index (χ0v) is 18.3. The van der Waals surface area contributed by atoms with E-state index in [4.69, 9.17) is 11.6 Å². The Labute approximate surface area is 180 Å². The zero-order chi connectivity index (χ0) is 18.5. The van der Waals surface area contributed by atoms with Gasteiger partial charge in [-0.2, -0.15) is 0 Å². The van der Waals surface area contributed by atoms with Crippen LogP contribution in [-0.4, -0.2) is 5.78 Å². The molecule has 1 atom stereocenters. The Hall–Kier alpha value is -1.37. The second-order valence-corrected chi connectivity index (χ2v) is 8.49. The number of hydrogen-bond acceptors (Lipinski definition) is 2. The van der Waals surface area contributed by atoms with E-state index in [0.717, 1.165) is 15.7 Å². The molecule has 2 nitrogen and oxygen atoms in total. The number of anilines is 1. The Morgan fingerprint density at radius 3 is 2.19 bits per heavy atom. The van der Waals surface area contributed by atoms with E-state index in [0.29, 0.717) is 17.0 Å². The molecule has 3 rings (SSSR count). The van der Waals surface area contributed by atoms with Crippen LogP contribution < -0.4 is 5.32 Å². The lowest BCUT2D eigenvalue weighted by Crippen LogP contribution is -2.16. The van der Waals surface area contributed by atoms with Gasteiger partial charge in [-0.3, -0.25) is 4.79 Å². The maximum absolute atomic E-state index is 12.8. The van der Waals surface area contributed by atoms with E-state index in [-0.39, 0.29) is 11.8 Å². The molecule has 0 radical (unpaired) electrons. The van der Waals surface area contributed by atoms with Gasteiger partial charge >= 0.3 is 0 Å². The Morgan fingerprint density at radius 2 is 1.58 bits per heavy atom. The molecule has 1 N–H and O–H groups in total. The van der Waals surface area contributed by atoms with E-state index >= 15 is 0 Å². The van der Waals surface area contributed by atoms with E-state index in [1.807, 2.05) is 48.5 Å². The van der Waals surface area contributed by atoms with E-state index in [1.54, 1.807) is 24.3 Å². The summed E-state index contributed by atoms with van der Waals surface area (Å²) in [6, 6.07) is 23.1. The van der Waals surface area contributed by atoms with Crippen LogP contribution in [0.4, 0.5) is 5.69 Å². The summed E-state index contributed by atoms with van der Waals surface area (Å²) in [6.07, 6.45) is 0.356. The minimum absolute atomic E-state index is 0.0765. The quantitative estimate of drug-likeness (QED) is 0.266. The van der Waals surface area contributed by atoms with E-state index in [1.165, 1.54) is 3.57 Å². The van der Waals surface area contributed by atoms with Crippen molar-refractivity contribution in [3.8, 4) is 0 Å². The number of benzene rings is 3. The van der Waals surface area contributed by atoms with Crippen molar-refractivity contribution in [2.75, 3.05) is 5.32 Å². The fraction of sp³-hybridized carbons (Fsp3) is 0.0952. The summed E-state index contributed by atoms with van der Waals surface area (Å²) in [5.41, 5.74) is 2.72. The number of Topliss-reactive ketones (excluding diaryl/α,β-unsaturated/α-hetero) is 1. The average molecular weight is 541 g/mol. The maximum Gasteiger partial charge on any atom is 0.165 e. The Kier molecular flexibility index (Phi) is 6.73. The molecule has 0 bridgehead atoms. The van der Waals surface area contributed by atoms with Crippen molar-refractivity contribution in [2.24, 2.45) is 0 Å². The summed E-state index contributed by atoms with van der Waals surface area (Å²) in [4.78, 5) is 12.8. The van der Waals surface area contributed by atoms with Gasteiger partial charge in [-0.15, -0.1) is 0 Å². The molecule has 0 fully saturated rings. The van der Waals surface area contributed by atoms with Gasteiger partial charge in [0.15, 0.2) is 5.78 Å². The lowest BCUT2D eigenvalue weighted by Gasteiger charge is -2.20. The number of hydrogen-bond donors (Lipinski definition) is 1. The van der Waals surface area contributed by atoms with Crippen LogP contribution in [0, 0.1) is 3.57 Å². The lowest BCUT2D eigenvalue weighted by molar-refractivity contribution is 0.0976. The highest BCUT2D eigenvalue weighted by molar-refractivity contribution is 14.1. The normalized spacial score (nSPS) is 11.8. The molecule has 0 spiro atoms. The van der Waals surface area contributed by atoms with Crippen molar-refractivity contribution in [3.05, 3.63) is 97.0 Å². The first-order valence-corrected chi connectivity index (χ1v) is 10.3. The Morgan fingerprint density at radius 1 is 0.962 bits per heavy atom. The molecule has 0 saturated carbocycles. The van der Waals surface area contributed by atoms with Gasteiger partial charge in [0.1, 0.15) is 0 Å². The largest absolute Gasteiger partial charge is 0.378 e. The number of rotatable bonds is 6. The van der Waals surface area contributed by atoms with Gasteiger partial charge in [-0.1, -0.05) is 39.7 Å². The van der Waals surface area contributed by atoms with Crippen molar-refractivity contribution >= 4 is 61.6 Å². The highest BCUT2D eigenvalue weighted by Crippen LogP contribution is 2.26. The second kappa shape index (κ2) is 9.02. The number of ketones is 1. The van der Waals surface area contributed by atoms with Gasteiger partial charge in [0.25, 0.3) is 0 Å². The van der Waals surface area contributed by atoms with Crippen LogP contribution in [0.3, 0.4) is 0 Å². The van der Waals surface area contributed by atoms with Crippen molar-refractivity contribution in [3.63, 3.8) is 0 Å². The van der Waals surface area contributed by atoms with Crippen LogP contribution in [0.1, 0.15) is 28.4 Å². The molecular formula is C21H16BrClINO. The zero-order valence-electron chi connectivity index (χ0n) is 13.8.